The standard InChI is InChI=1S/C23H29ClN6O2/c1-12(2)19-22(26)27-11-28-23(19)29(5)13(3)16-7-18(24)17(8-25)20(21(16)32-6)15-9-30(10-15)14(4)31/h7,11-13,15H,9-10H2,1-6H3,(H2,26,27,28). The lowest BCUT2D eigenvalue weighted by atomic mass is 9.84. The van der Waals surface area contributed by atoms with Gasteiger partial charge in [-0.3, -0.25) is 4.79 Å². The van der Waals surface area contributed by atoms with E-state index in [0.29, 0.717) is 35.2 Å². The third-order valence-electron chi connectivity index (χ3n) is 6.18. The van der Waals surface area contributed by atoms with Crippen molar-refractivity contribution < 1.29 is 9.53 Å². The average molecular weight is 457 g/mol. The van der Waals surface area contributed by atoms with E-state index in [1.807, 2.05) is 32.7 Å². The number of aromatic nitrogens is 2. The predicted octanol–water partition coefficient (Wildman–Crippen LogP) is 3.86. The summed E-state index contributed by atoms with van der Waals surface area (Å²) < 4.78 is 5.84. The van der Waals surface area contributed by atoms with E-state index in [1.165, 1.54) is 6.33 Å². The summed E-state index contributed by atoms with van der Waals surface area (Å²) in [5.74, 6) is 1.93. The number of nitriles is 1. The Kier molecular flexibility index (Phi) is 6.79. The second kappa shape index (κ2) is 9.21. The van der Waals surface area contributed by atoms with E-state index in [2.05, 4.69) is 16.0 Å². The zero-order chi connectivity index (χ0) is 23.7. The highest BCUT2D eigenvalue weighted by molar-refractivity contribution is 6.32. The summed E-state index contributed by atoms with van der Waals surface area (Å²) in [4.78, 5) is 24.1. The number of nitrogen functional groups attached to an aromatic ring is 1. The van der Waals surface area contributed by atoms with Crippen LogP contribution in [0.5, 0.6) is 5.75 Å². The van der Waals surface area contributed by atoms with Gasteiger partial charge in [0.1, 0.15) is 29.8 Å². The quantitative estimate of drug-likeness (QED) is 0.702. The molecule has 1 aliphatic rings. The van der Waals surface area contributed by atoms with Gasteiger partial charge >= 0.3 is 0 Å². The Morgan fingerprint density at radius 2 is 2.03 bits per heavy atom. The third kappa shape index (κ3) is 4.05. The first-order valence-corrected chi connectivity index (χ1v) is 10.9. The fourth-order valence-electron chi connectivity index (χ4n) is 4.26. The van der Waals surface area contributed by atoms with E-state index in [9.17, 15) is 10.1 Å². The van der Waals surface area contributed by atoms with Gasteiger partial charge in [0.2, 0.25) is 5.91 Å². The van der Waals surface area contributed by atoms with E-state index in [-0.39, 0.29) is 23.8 Å². The first kappa shape index (κ1) is 23.6. The van der Waals surface area contributed by atoms with Crippen molar-refractivity contribution in [3.8, 4) is 11.8 Å². The van der Waals surface area contributed by atoms with Crippen molar-refractivity contribution in [3.05, 3.63) is 39.7 Å². The minimum atomic E-state index is -0.190. The van der Waals surface area contributed by atoms with Crippen LogP contribution in [-0.4, -0.2) is 48.0 Å². The molecule has 8 nitrogen and oxygen atoms in total. The highest BCUT2D eigenvalue weighted by Gasteiger charge is 2.36. The Labute approximate surface area is 193 Å². The summed E-state index contributed by atoms with van der Waals surface area (Å²) in [5, 5.41) is 10.2. The molecule has 2 N–H and O–H groups in total. The van der Waals surface area contributed by atoms with Crippen LogP contribution in [0, 0.1) is 11.3 Å². The van der Waals surface area contributed by atoms with Crippen LogP contribution in [0.25, 0.3) is 0 Å². The summed E-state index contributed by atoms with van der Waals surface area (Å²) in [5.41, 5.74) is 9.00. The van der Waals surface area contributed by atoms with Crippen molar-refractivity contribution in [2.75, 3.05) is 37.9 Å². The van der Waals surface area contributed by atoms with E-state index in [0.717, 1.165) is 22.5 Å². The van der Waals surface area contributed by atoms with Crippen LogP contribution in [0.4, 0.5) is 11.6 Å². The molecule has 1 aromatic heterocycles. The number of anilines is 2. The number of nitrogens with zero attached hydrogens (tertiary/aromatic N) is 5. The predicted molar refractivity (Wildman–Crippen MR) is 125 cm³/mol. The van der Waals surface area contributed by atoms with E-state index in [4.69, 9.17) is 22.1 Å². The van der Waals surface area contributed by atoms with Crippen LogP contribution in [0.3, 0.4) is 0 Å². The number of carbonyl (C=O) groups is 1. The summed E-state index contributed by atoms with van der Waals surface area (Å²) in [6.45, 7) is 8.72. The Bertz CT molecular complexity index is 1080. The lowest BCUT2D eigenvalue weighted by molar-refractivity contribution is -0.133. The number of benzene rings is 1. The number of carbonyl (C=O) groups excluding carboxylic acids is 1. The molecule has 0 radical (unpaired) electrons. The molecular weight excluding hydrogens is 428 g/mol. The topological polar surface area (TPSA) is 108 Å². The van der Waals surface area contributed by atoms with Crippen LogP contribution >= 0.6 is 11.6 Å². The molecule has 170 valence electrons. The average Bonchev–Trinajstić information content (AvgIpc) is 2.70. The van der Waals surface area contributed by atoms with Crippen molar-refractivity contribution in [2.24, 2.45) is 0 Å². The number of ether oxygens (including phenoxy) is 1. The minimum Gasteiger partial charge on any atom is -0.496 e. The highest BCUT2D eigenvalue weighted by Crippen LogP contribution is 2.45. The van der Waals surface area contributed by atoms with Crippen LogP contribution in [0.15, 0.2) is 12.4 Å². The first-order valence-electron chi connectivity index (χ1n) is 10.5. The zero-order valence-corrected chi connectivity index (χ0v) is 20.1. The Hall–Kier alpha value is -3.05. The zero-order valence-electron chi connectivity index (χ0n) is 19.3. The van der Waals surface area contributed by atoms with Gasteiger partial charge in [0.25, 0.3) is 0 Å². The largest absolute Gasteiger partial charge is 0.496 e. The van der Waals surface area contributed by atoms with Gasteiger partial charge in [0, 0.05) is 49.7 Å². The smallest absolute Gasteiger partial charge is 0.219 e. The van der Waals surface area contributed by atoms with Crippen molar-refractivity contribution in [3.63, 3.8) is 0 Å². The van der Waals surface area contributed by atoms with E-state index < -0.39 is 0 Å². The maximum absolute atomic E-state index is 11.7. The number of rotatable bonds is 6. The number of hydrogen-bond acceptors (Lipinski definition) is 7. The van der Waals surface area contributed by atoms with Crippen molar-refractivity contribution in [1.82, 2.24) is 14.9 Å². The maximum atomic E-state index is 11.7. The number of nitrogens with two attached hydrogens (primary N) is 1. The highest BCUT2D eigenvalue weighted by atomic mass is 35.5. The Morgan fingerprint density at radius 3 is 2.56 bits per heavy atom. The molecule has 1 atom stereocenters. The van der Waals surface area contributed by atoms with Crippen molar-refractivity contribution in [1.29, 1.82) is 5.26 Å². The third-order valence-corrected chi connectivity index (χ3v) is 6.48. The Morgan fingerprint density at radius 1 is 1.38 bits per heavy atom. The second-order valence-corrected chi connectivity index (χ2v) is 8.85. The van der Waals surface area contributed by atoms with Crippen molar-refractivity contribution in [2.45, 2.75) is 45.6 Å². The monoisotopic (exact) mass is 456 g/mol. The van der Waals surface area contributed by atoms with Crippen LogP contribution in [-0.2, 0) is 4.79 Å². The van der Waals surface area contributed by atoms with Gasteiger partial charge in [0.05, 0.1) is 23.7 Å². The summed E-state index contributed by atoms with van der Waals surface area (Å²) in [6.07, 6.45) is 1.46. The number of likely N-dealkylation sites (tertiary alicyclic amines) is 1. The maximum Gasteiger partial charge on any atom is 0.219 e. The Balaban J connectivity index is 2.10. The van der Waals surface area contributed by atoms with Gasteiger partial charge in [-0.05, 0) is 18.9 Å². The molecule has 2 aromatic rings. The molecule has 9 heteroatoms. The van der Waals surface area contributed by atoms with Crippen LogP contribution in [0.1, 0.15) is 67.8 Å². The van der Waals surface area contributed by atoms with Gasteiger partial charge in [-0.15, -0.1) is 0 Å². The molecular formula is C23H29ClN6O2. The van der Waals surface area contributed by atoms with Gasteiger partial charge in [-0.25, -0.2) is 9.97 Å². The summed E-state index contributed by atoms with van der Waals surface area (Å²) in [7, 11) is 3.53. The fourth-order valence-corrected chi connectivity index (χ4v) is 4.52. The fraction of sp³-hybridized carbons (Fsp3) is 0.478. The SMILES string of the molecule is COc1c(C(C)N(C)c2ncnc(N)c2C(C)C)cc(Cl)c(C#N)c1C1CN(C(C)=O)C1. The molecule has 1 aliphatic heterocycles. The molecule has 3 rings (SSSR count). The molecule has 32 heavy (non-hydrogen) atoms. The van der Waals surface area contributed by atoms with Gasteiger partial charge < -0.3 is 20.3 Å². The van der Waals surface area contributed by atoms with E-state index >= 15 is 0 Å². The minimum absolute atomic E-state index is 0.0108. The normalized spacial score (nSPS) is 14.7. The molecule has 1 aromatic carbocycles. The van der Waals surface area contributed by atoms with Crippen molar-refractivity contribution >= 4 is 29.1 Å². The van der Waals surface area contributed by atoms with Crippen LogP contribution < -0.4 is 15.4 Å². The molecule has 0 spiro atoms. The molecule has 1 fully saturated rings. The lowest BCUT2D eigenvalue weighted by Crippen LogP contribution is -2.47. The molecule has 1 saturated heterocycles. The molecule has 1 amide bonds. The summed E-state index contributed by atoms with van der Waals surface area (Å²) in [6, 6.07) is 3.82. The molecule has 0 aliphatic carbocycles. The molecule has 1 unspecified atom stereocenters. The van der Waals surface area contributed by atoms with Gasteiger partial charge in [0.15, 0.2) is 0 Å². The second-order valence-electron chi connectivity index (χ2n) is 8.44. The first-order chi connectivity index (χ1) is 15.1. The summed E-state index contributed by atoms with van der Waals surface area (Å²) >= 11 is 6.57. The lowest BCUT2D eigenvalue weighted by Gasteiger charge is -2.40. The number of amides is 1. The van der Waals surface area contributed by atoms with E-state index in [1.54, 1.807) is 25.0 Å². The number of halogens is 1. The molecule has 2 heterocycles. The van der Waals surface area contributed by atoms with Gasteiger partial charge in [-0.2, -0.15) is 5.26 Å². The van der Waals surface area contributed by atoms with Gasteiger partial charge in [-0.1, -0.05) is 25.4 Å². The number of hydrogen-bond donors (Lipinski definition) is 1. The molecule has 0 bridgehead atoms. The molecule has 0 saturated carbocycles. The van der Waals surface area contributed by atoms with Crippen LogP contribution in [0.2, 0.25) is 5.02 Å². The number of methoxy groups -OCH3 is 1.